The molecule has 0 fully saturated rings. The SMILES string of the molecule is COc1cccc(-c2cc(C(=O)OCC(C)C)c3cc(C)cc(C)c3n2)c1. The minimum Gasteiger partial charge on any atom is -0.497 e. The highest BCUT2D eigenvalue weighted by atomic mass is 16.5. The lowest BCUT2D eigenvalue weighted by atomic mass is 9.99. The second-order valence-corrected chi connectivity index (χ2v) is 7.26. The molecule has 0 saturated carbocycles. The van der Waals surface area contributed by atoms with Gasteiger partial charge in [0.25, 0.3) is 0 Å². The zero-order valence-electron chi connectivity index (χ0n) is 16.5. The number of carbonyl (C=O) groups excluding carboxylic acids is 1. The topological polar surface area (TPSA) is 48.4 Å². The van der Waals surface area contributed by atoms with E-state index in [1.807, 2.05) is 64.1 Å². The Balaban J connectivity index is 2.20. The summed E-state index contributed by atoms with van der Waals surface area (Å²) in [6, 6.07) is 13.6. The Morgan fingerprint density at radius 1 is 1.11 bits per heavy atom. The number of rotatable bonds is 5. The van der Waals surface area contributed by atoms with Crippen molar-refractivity contribution in [2.24, 2.45) is 5.92 Å². The highest BCUT2D eigenvalue weighted by Crippen LogP contribution is 2.30. The molecule has 0 saturated heterocycles. The van der Waals surface area contributed by atoms with Crippen LogP contribution in [0, 0.1) is 19.8 Å². The molecule has 3 aromatic rings. The third-order valence-corrected chi connectivity index (χ3v) is 4.38. The molecule has 2 aromatic carbocycles. The first-order valence-electron chi connectivity index (χ1n) is 9.12. The number of carbonyl (C=O) groups is 1. The van der Waals surface area contributed by atoms with Gasteiger partial charge in [-0.2, -0.15) is 0 Å². The molecule has 1 heterocycles. The van der Waals surface area contributed by atoms with Crippen molar-refractivity contribution in [1.29, 1.82) is 0 Å². The number of fused-ring (bicyclic) bond motifs is 1. The second-order valence-electron chi connectivity index (χ2n) is 7.26. The first kappa shape index (κ1) is 18.9. The monoisotopic (exact) mass is 363 g/mol. The van der Waals surface area contributed by atoms with E-state index in [1.165, 1.54) is 0 Å². The van der Waals surface area contributed by atoms with Crippen molar-refractivity contribution in [2.45, 2.75) is 27.7 Å². The van der Waals surface area contributed by atoms with Crippen LogP contribution < -0.4 is 4.74 Å². The normalized spacial score (nSPS) is 11.0. The molecule has 4 nitrogen and oxygen atoms in total. The highest BCUT2D eigenvalue weighted by molar-refractivity contribution is 6.05. The van der Waals surface area contributed by atoms with Crippen LogP contribution in [0.3, 0.4) is 0 Å². The smallest absolute Gasteiger partial charge is 0.338 e. The van der Waals surface area contributed by atoms with Gasteiger partial charge in [-0.3, -0.25) is 0 Å². The van der Waals surface area contributed by atoms with Gasteiger partial charge in [-0.1, -0.05) is 37.6 Å². The fourth-order valence-corrected chi connectivity index (χ4v) is 3.10. The fraction of sp³-hybridized carbons (Fsp3) is 0.304. The molecular weight excluding hydrogens is 338 g/mol. The Bertz CT molecular complexity index is 992. The lowest BCUT2D eigenvalue weighted by Crippen LogP contribution is -2.11. The number of methoxy groups -OCH3 is 1. The van der Waals surface area contributed by atoms with Crippen LogP contribution in [0.1, 0.15) is 35.3 Å². The predicted molar refractivity (Wildman–Crippen MR) is 108 cm³/mol. The van der Waals surface area contributed by atoms with E-state index in [4.69, 9.17) is 14.5 Å². The van der Waals surface area contributed by atoms with Crippen molar-refractivity contribution >= 4 is 16.9 Å². The maximum atomic E-state index is 12.8. The molecule has 0 aliphatic carbocycles. The summed E-state index contributed by atoms with van der Waals surface area (Å²) in [5.74, 6) is 0.715. The number of benzene rings is 2. The Hall–Kier alpha value is -2.88. The number of hydrogen-bond donors (Lipinski definition) is 0. The molecule has 0 spiro atoms. The standard InChI is InChI=1S/C23H25NO3/c1-14(2)13-27-23(25)20-12-21(17-7-6-8-18(11-17)26-5)24-22-16(4)9-15(3)10-19(20)22/h6-12,14H,13H2,1-5H3. The zero-order valence-corrected chi connectivity index (χ0v) is 16.5. The van der Waals surface area contributed by atoms with Crippen LogP contribution in [0.4, 0.5) is 0 Å². The quantitative estimate of drug-likeness (QED) is 0.574. The molecule has 0 radical (unpaired) electrons. The molecule has 0 bridgehead atoms. The molecule has 0 N–H and O–H groups in total. The van der Waals surface area contributed by atoms with Gasteiger partial charge in [-0.15, -0.1) is 0 Å². The molecule has 1 aromatic heterocycles. The molecule has 27 heavy (non-hydrogen) atoms. The van der Waals surface area contributed by atoms with Crippen molar-refractivity contribution in [2.75, 3.05) is 13.7 Å². The van der Waals surface area contributed by atoms with E-state index in [2.05, 4.69) is 6.07 Å². The van der Waals surface area contributed by atoms with Gasteiger partial charge in [0.1, 0.15) is 5.75 Å². The van der Waals surface area contributed by atoms with E-state index in [-0.39, 0.29) is 11.9 Å². The average molecular weight is 363 g/mol. The minimum absolute atomic E-state index is 0.281. The van der Waals surface area contributed by atoms with Crippen LogP contribution in [0.15, 0.2) is 42.5 Å². The summed E-state index contributed by atoms with van der Waals surface area (Å²) in [6.45, 7) is 8.47. The number of esters is 1. The Morgan fingerprint density at radius 3 is 2.59 bits per heavy atom. The number of nitrogens with zero attached hydrogens (tertiary/aromatic N) is 1. The van der Waals surface area contributed by atoms with Gasteiger partial charge in [0.15, 0.2) is 0 Å². The van der Waals surface area contributed by atoms with Crippen LogP contribution >= 0.6 is 0 Å². The van der Waals surface area contributed by atoms with Crippen molar-refractivity contribution in [3.8, 4) is 17.0 Å². The Labute approximate surface area is 160 Å². The van der Waals surface area contributed by atoms with Gasteiger partial charge in [0, 0.05) is 10.9 Å². The van der Waals surface area contributed by atoms with E-state index in [1.54, 1.807) is 7.11 Å². The molecular formula is C23H25NO3. The lowest BCUT2D eigenvalue weighted by Gasteiger charge is -2.13. The lowest BCUT2D eigenvalue weighted by molar-refractivity contribution is 0.0461. The average Bonchev–Trinajstić information content (AvgIpc) is 2.65. The highest BCUT2D eigenvalue weighted by Gasteiger charge is 2.17. The molecule has 0 unspecified atom stereocenters. The van der Waals surface area contributed by atoms with Gasteiger partial charge < -0.3 is 9.47 Å². The summed E-state index contributed by atoms with van der Waals surface area (Å²) in [7, 11) is 1.63. The first-order chi connectivity index (χ1) is 12.9. The minimum atomic E-state index is -0.315. The Kier molecular flexibility index (Phi) is 5.45. The number of aryl methyl sites for hydroxylation is 2. The van der Waals surface area contributed by atoms with E-state index in [0.717, 1.165) is 39.0 Å². The van der Waals surface area contributed by atoms with Crippen LogP contribution in [0.2, 0.25) is 0 Å². The summed E-state index contributed by atoms with van der Waals surface area (Å²) in [5.41, 5.74) is 5.11. The summed E-state index contributed by atoms with van der Waals surface area (Å²) >= 11 is 0. The maximum absolute atomic E-state index is 12.8. The third kappa shape index (κ3) is 4.11. The second kappa shape index (κ2) is 7.78. The summed E-state index contributed by atoms with van der Waals surface area (Å²) < 4.78 is 10.8. The number of pyridine rings is 1. The molecule has 140 valence electrons. The van der Waals surface area contributed by atoms with Crippen molar-refractivity contribution in [3.63, 3.8) is 0 Å². The summed E-state index contributed by atoms with van der Waals surface area (Å²) in [5, 5.41) is 0.827. The number of hydrogen-bond acceptors (Lipinski definition) is 4. The number of aromatic nitrogens is 1. The van der Waals surface area contributed by atoms with Crippen molar-refractivity contribution < 1.29 is 14.3 Å². The zero-order chi connectivity index (χ0) is 19.6. The van der Waals surface area contributed by atoms with E-state index < -0.39 is 0 Å². The van der Waals surface area contributed by atoms with Crippen LogP contribution in [-0.4, -0.2) is 24.7 Å². The molecule has 0 aliphatic heterocycles. The van der Waals surface area contributed by atoms with Gasteiger partial charge in [-0.25, -0.2) is 9.78 Å². The van der Waals surface area contributed by atoms with Crippen LogP contribution in [0.25, 0.3) is 22.2 Å². The van der Waals surface area contributed by atoms with Crippen molar-refractivity contribution in [1.82, 2.24) is 4.98 Å². The van der Waals surface area contributed by atoms with E-state index >= 15 is 0 Å². The van der Waals surface area contributed by atoms with Crippen LogP contribution in [-0.2, 0) is 4.74 Å². The molecule has 4 heteroatoms. The summed E-state index contributed by atoms with van der Waals surface area (Å²) in [6.07, 6.45) is 0. The molecule has 0 aliphatic rings. The predicted octanol–water partition coefficient (Wildman–Crippen LogP) is 5.34. The molecule has 3 rings (SSSR count). The largest absolute Gasteiger partial charge is 0.497 e. The Morgan fingerprint density at radius 2 is 1.89 bits per heavy atom. The van der Waals surface area contributed by atoms with Crippen molar-refractivity contribution in [3.05, 3.63) is 59.2 Å². The maximum Gasteiger partial charge on any atom is 0.338 e. The van der Waals surface area contributed by atoms with E-state index in [0.29, 0.717) is 12.2 Å². The van der Waals surface area contributed by atoms with Gasteiger partial charge >= 0.3 is 5.97 Å². The molecule has 0 amide bonds. The third-order valence-electron chi connectivity index (χ3n) is 4.38. The van der Waals surface area contributed by atoms with Gasteiger partial charge in [-0.05, 0) is 49.6 Å². The van der Waals surface area contributed by atoms with Gasteiger partial charge in [0.2, 0.25) is 0 Å². The fourth-order valence-electron chi connectivity index (χ4n) is 3.10. The molecule has 0 atom stereocenters. The van der Waals surface area contributed by atoms with E-state index in [9.17, 15) is 4.79 Å². The first-order valence-corrected chi connectivity index (χ1v) is 9.12. The van der Waals surface area contributed by atoms with Gasteiger partial charge in [0.05, 0.1) is 30.5 Å². The van der Waals surface area contributed by atoms with Crippen LogP contribution in [0.5, 0.6) is 5.75 Å². The number of ether oxygens (including phenoxy) is 2. The summed E-state index contributed by atoms with van der Waals surface area (Å²) in [4.78, 5) is 17.7.